The van der Waals surface area contributed by atoms with E-state index in [1.807, 2.05) is 18.2 Å². The summed E-state index contributed by atoms with van der Waals surface area (Å²) in [7, 11) is 0. The number of nitrogens with zero attached hydrogens (tertiary/aromatic N) is 2. The molecule has 2 aromatic rings. The average molecular weight is 343 g/mol. The molecule has 2 aliphatic heterocycles. The number of pyridine rings is 1. The van der Waals surface area contributed by atoms with Gasteiger partial charge in [-0.05, 0) is 18.2 Å². The van der Waals surface area contributed by atoms with Crippen LogP contribution in [0.2, 0.25) is 0 Å². The first kappa shape index (κ1) is 16.3. The second kappa shape index (κ2) is 7.35. The molecule has 2 saturated heterocycles. The highest BCUT2D eigenvalue weighted by Crippen LogP contribution is 2.25. The molecule has 0 aromatic carbocycles. The molecule has 3 atom stereocenters. The van der Waals surface area contributed by atoms with Crippen LogP contribution in [-0.2, 0) is 16.1 Å². The molecule has 2 fully saturated rings. The minimum Gasteiger partial charge on any atom is -0.472 e. The zero-order chi connectivity index (χ0) is 17.1. The molecule has 7 nitrogen and oxygen atoms in total. The number of furan rings is 1. The zero-order valence-electron chi connectivity index (χ0n) is 13.8. The van der Waals surface area contributed by atoms with Crippen molar-refractivity contribution in [1.29, 1.82) is 0 Å². The Hall–Kier alpha value is -2.22. The van der Waals surface area contributed by atoms with E-state index < -0.39 is 0 Å². The first-order valence-electron chi connectivity index (χ1n) is 8.47. The third-order valence-corrected chi connectivity index (χ3v) is 4.74. The lowest BCUT2D eigenvalue weighted by atomic mass is 10.1. The molecule has 7 heteroatoms. The van der Waals surface area contributed by atoms with Crippen molar-refractivity contribution in [3.8, 4) is 0 Å². The van der Waals surface area contributed by atoms with Crippen LogP contribution in [0.25, 0.3) is 0 Å². The topological polar surface area (TPSA) is 76.8 Å². The number of hydrogen-bond acceptors (Lipinski definition) is 6. The van der Waals surface area contributed by atoms with Crippen molar-refractivity contribution >= 4 is 5.91 Å². The van der Waals surface area contributed by atoms with E-state index in [2.05, 4.69) is 15.2 Å². The lowest BCUT2D eigenvalue weighted by Crippen LogP contribution is -2.48. The fourth-order valence-corrected chi connectivity index (χ4v) is 3.48. The summed E-state index contributed by atoms with van der Waals surface area (Å²) in [5.41, 5.74) is 1.39. The number of morpholine rings is 1. The second-order valence-corrected chi connectivity index (χ2v) is 6.33. The van der Waals surface area contributed by atoms with Gasteiger partial charge in [0, 0.05) is 19.3 Å². The summed E-state index contributed by atoms with van der Waals surface area (Å²) >= 11 is 0. The summed E-state index contributed by atoms with van der Waals surface area (Å²) in [5, 5.41) is 3.08. The SMILES string of the molecule is O=C(N[C@@H]1CN2CCOC[C@H]2[C@@H]1OCc1ccccn1)c1ccoc1. The molecule has 25 heavy (non-hydrogen) atoms. The van der Waals surface area contributed by atoms with Crippen molar-refractivity contribution in [2.45, 2.75) is 24.8 Å². The maximum absolute atomic E-state index is 12.4. The van der Waals surface area contributed by atoms with Gasteiger partial charge in [0.15, 0.2) is 0 Å². The summed E-state index contributed by atoms with van der Waals surface area (Å²) in [4.78, 5) is 19.0. The molecule has 2 aromatic heterocycles. The van der Waals surface area contributed by atoms with E-state index in [1.54, 1.807) is 12.3 Å². The monoisotopic (exact) mass is 343 g/mol. The standard InChI is InChI=1S/C18H21N3O4/c22-18(13-4-7-23-10-13)20-15-9-21-6-8-24-12-16(21)17(15)25-11-14-3-1-2-5-19-14/h1-5,7,10,15-17H,6,8-9,11-12H2,(H,20,22)/t15-,16+,17-/m1/s1. The number of rotatable bonds is 5. The minimum absolute atomic E-state index is 0.0992. The molecule has 0 bridgehead atoms. The molecular weight excluding hydrogens is 322 g/mol. The van der Waals surface area contributed by atoms with Crippen LogP contribution in [0.15, 0.2) is 47.4 Å². The number of fused-ring (bicyclic) bond motifs is 1. The number of amides is 1. The van der Waals surface area contributed by atoms with Crippen LogP contribution in [-0.4, -0.2) is 60.3 Å². The summed E-state index contributed by atoms with van der Waals surface area (Å²) < 4.78 is 16.8. The van der Waals surface area contributed by atoms with Crippen molar-refractivity contribution in [3.63, 3.8) is 0 Å². The van der Waals surface area contributed by atoms with Gasteiger partial charge >= 0.3 is 0 Å². The van der Waals surface area contributed by atoms with Gasteiger partial charge < -0.3 is 19.2 Å². The number of hydrogen-bond donors (Lipinski definition) is 1. The summed E-state index contributed by atoms with van der Waals surface area (Å²) in [6, 6.07) is 7.45. The number of ether oxygens (including phenoxy) is 2. The molecule has 0 aliphatic carbocycles. The fourth-order valence-electron chi connectivity index (χ4n) is 3.48. The van der Waals surface area contributed by atoms with Crippen LogP contribution in [0.5, 0.6) is 0 Å². The lowest BCUT2D eigenvalue weighted by Gasteiger charge is -2.32. The Morgan fingerprint density at radius 2 is 2.36 bits per heavy atom. The summed E-state index contributed by atoms with van der Waals surface area (Å²) in [5.74, 6) is -0.147. The normalized spacial score (nSPS) is 26.3. The third kappa shape index (κ3) is 3.58. The largest absolute Gasteiger partial charge is 0.472 e. The fraction of sp³-hybridized carbons (Fsp3) is 0.444. The molecule has 0 radical (unpaired) electrons. The first-order valence-corrected chi connectivity index (χ1v) is 8.47. The maximum Gasteiger partial charge on any atom is 0.254 e. The Balaban J connectivity index is 1.46. The van der Waals surface area contributed by atoms with Crippen LogP contribution >= 0.6 is 0 Å². The van der Waals surface area contributed by atoms with Crippen LogP contribution in [0.1, 0.15) is 16.1 Å². The average Bonchev–Trinajstić information content (AvgIpc) is 3.29. The van der Waals surface area contributed by atoms with Crippen molar-refractivity contribution in [2.24, 2.45) is 0 Å². The van der Waals surface area contributed by atoms with E-state index in [0.717, 1.165) is 18.8 Å². The molecular formula is C18H21N3O4. The van der Waals surface area contributed by atoms with Crippen molar-refractivity contribution in [1.82, 2.24) is 15.2 Å². The molecule has 2 aliphatic rings. The Bertz CT molecular complexity index is 692. The van der Waals surface area contributed by atoms with E-state index >= 15 is 0 Å². The van der Waals surface area contributed by atoms with Gasteiger partial charge in [0.25, 0.3) is 5.91 Å². The highest BCUT2D eigenvalue weighted by atomic mass is 16.5. The molecule has 132 valence electrons. The summed E-state index contributed by atoms with van der Waals surface area (Å²) in [6.07, 6.45) is 4.56. The predicted molar refractivity (Wildman–Crippen MR) is 89.0 cm³/mol. The van der Waals surface area contributed by atoms with E-state index in [1.165, 1.54) is 12.5 Å². The van der Waals surface area contributed by atoms with E-state index in [9.17, 15) is 4.79 Å². The Morgan fingerprint density at radius 1 is 1.40 bits per heavy atom. The molecule has 1 amide bonds. The second-order valence-electron chi connectivity index (χ2n) is 6.33. The molecule has 4 heterocycles. The highest BCUT2D eigenvalue weighted by Gasteiger charge is 2.44. The van der Waals surface area contributed by atoms with Crippen LogP contribution < -0.4 is 5.32 Å². The highest BCUT2D eigenvalue weighted by molar-refractivity contribution is 5.94. The van der Waals surface area contributed by atoms with E-state index in [-0.39, 0.29) is 24.1 Å². The quantitative estimate of drug-likeness (QED) is 0.875. The van der Waals surface area contributed by atoms with Gasteiger partial charge in [-0.2, -0.15) is 0 Å². The third-order valence-electron chi connectivity index (χ3n) is 4.74. The Labute approximate surface area is 145 Å². The van der Waals surface area contributed by atoms with Gasteiger partial charge in [0.2, 0.25) is 0 Å². The van der Waals surface area contributed by atoms with Gasteiger partial charge in [0.05, 0.1) is 55.5 Å². The minimum atomic E-state index is -0.147. The number of carbonyl (C=O) groups excluding carboxylic acids is 1. The number of carbonyl (C=O) groups is 1. The van der Waals surface area contributed by atoms with Gasteiger partial charge in [-0.15, -0.1) is 0 Å². The van der Waals surface area contributed by atoms with Crippen molar-refractivity contribution < 1.29 is 18.7 Å². The zero-order valence-corrected chi connectivity index (χ0v) is 13.8. The summed E-state index contributed by atoms with van der Waals surface area (Å²) in [6.45, 7) is 3.35. The van der Waals surface area contributed by atoms with E-state index in [4.69, 9.17) is 13.9 Å². The van der Waals surface area contributed by atoms with Crippen LogP contribution in [0.4, 0.5) is 0 Å². The van der Waals surface area contributed by atoms with Gasteiger partial charge in [-0.3, -0.25) is 14.7 Å². The molecule has 0 unspecified atom stereocenters. The van der Waals surface area contributed by atoms with E-state index in [0.29, 0.717) is 25.4 Å². The predicted octanol–water partition coefficient (Wildman–Crippen LogP) is 1.07. The van der Waals surface area contributed by atoms with Gasteiger partial charge in [-0.1, -0.05) is 6.07 Å². The lowest BCUT2D eigenvalue weighted by molar-refractivity contribution is -0.0537. The van der Waals surface area contributed by atoms with Crippen LogP contribution in [0, 0.1) is 0 Å². The van der Waals surface area contributed by atoms with Crippen molar-refractivity contribution in [2.75, 3.05) is 26.3 Å². The molecule has 0 saturated carbocycles. The maximum atomic E-state index is 12.4. The first-order chi connectivity index (χ1) is 12.3. The Kier molecular flexibility index (Phi) is 4.78. The number of nitrogens with one attached hydrogen (secondary N) is 1. The Morgan fingerprint density at radius 3 is 3.16 bits per heavy atom. The molecule has 0 spiro atoms. The smallest absolute Gasteiger partial charge is 0.254 e. The van der Waals surface area contributed by atoms with Gasteiger partial charge in [-0.25, -0.2) is 0 Å². The molecule has 4 rings (SSSR count). The van der Waals surface area contributed by atoms with Crippen molar-refractivity contribution in [3.05, 3.63) is 54.2 Å². The van der Waals surface area contributed by atoms with Crippen LogP contribution in [0.3, 0.4) is 0 Å². The number of aromatic nitrogens is 1. The molecule has 1 N–H and O–H groups in total. The van der Waals surface area contributed by atoms with Gasteiger partial charge in [0.1, 0.15) is 6.26 Å².